The van der Waals surface area contributed by atoms with E-state index in [4.69, 9.17) is 23.7 Å². The molecule has 1 heterocycles. The first-order chi connectivity index (χ1) is 18.7. The number of methoxy groups -OCH3 is 1. The first-order valence-corrected chi connectivity index (χ1v) is 12.9. The summed E-state index contributed by atoms with van der Waals surface area (Å²) in [4.78, 5) is 0. The van der Waals surface area contributed by atoms with Gasteiger partial charge in [-0.1, -0.05) is 97.1 Å². The summed E-state index contributed by atoms with van der Waals surface area (Å²) >= 11 is 0. The van der Waals surface area contributed by atoms with E-state index in [1.165, 1.54) is 5.39 Å². The normalized spacial score (nSPS) is 23.5. The lowest BCUT2D eigenvalue weighted by molar-refractivity contribution is -0.321. The average Bonchev–Trinajstić information content (AvgIpc) is 2.98. The van der Waals surface area contributed by atoms with Gasteiger partial charge in [-0.3, -0.25) is 0 Å². The second-order valence-corrected chi connectivity index (χ2v) is 9.44. The summed E-state index contributed by atoms with van der Waals surface area (Å²) < 4.78 is 31.1. The van der Waals surface area contributed by atoms with Crippen molar-refractivity contribution in [2.45, 2.75) is 50.5 Å². The largest absolute Gasteiger partial charge is 0.394 e. The van der Waals surface area contributed by atoms with Crippen LogP contribution in [0.2, 0.25) is 0 Å². The van der Waals surface area contributed by atoms with Gasteiger partial charge in [0.1, 0.15) is 24.4 Å². The molecule has 4 aromatic carbocycles. The van der Waals surface area contributed by atoms with E-state index < -0.39 is 30.7 Å². The Labute approximate surface area is 223 Å². The number of hydrogen-bond donors (Lipinski definition) is 1. The van der Waals surface area contributed by atoms with E-state index in [0.29, 0.717) is 19.8 Å². The topological polar surface area (TPSA) is 66.4 Å². The van der Waals surface area contributed by atoms with E-state index in [9.17, 15) is 5.11 Å². The lowest BCUT2D eigenvalue weighted by atomic mass is 9.98. The Balaban J connectivity index is 1.39. The van der Waals surface area contributed by atoms with Gasteiger partial charge in [0.15, 0.2) is 6.29 Å². The predicted molar refractivity (Wildman–Crippen MR) is 145 cm³/mol. The smallest absolute Gasteiger partial charge is 0.186 e. The third-order valence-electron chi connectivity index (χ3n) is 6.83. The fourth-order valence-electron chi connectivity index (χ4n) is 4.84. The van der Waals surface area contributed by atoms with Crippen molar-refractivity contribution in [3.63, 3.8) is 0 Å². The molecule has 4 aromatic rings. The second kappa shape index (κ2) is 13.1. The summed E-state index contributed by atoms with van der Waals surface area (Å²) in [5.41, 5.74) is 3.09. The van der Waals surface area contributed by atoms with E-state index in [2.05, 4.69) is 30.3 Å². The number of rotatable bonds is 11. The Kier molecular flexibility index (Phi) is 9.15. The molecule has 1 aliphatic rings. The number of benzene rings is 4. The molecule has 0 radical (unpaired) electrons. The molecule has 1 aliphatic heterocycles. The van der Waals surface area contributed by atoms with E-state index in [-0.39, 0.29) is 6.61 Å². The maximum atomic E-state index is 10.3. The molecule has 6 nitrogen and oxygen atoms in total. The van der Waals surface area contributed by atoms with Crippen LogP contribution >= 0.6 is 0 Å². The fraction of sp³-hybridized carbons (Fsp3) is 0.312. The Hall–Kier alpha value is -3.10. The zero-order chi connectivity index (χ0) is 26.2. The molecular formula is C32H34O6. The highest BCUT2D eigenvalue weighted by Crippen LogP contribution is 2.31. The van der Waals surface area contributed by atoms with Gasteiger partial charge in [0, 0.05) is 7.11 Å². The van der Waals surface area contributed by atoms with Gasteiger partial charge in [-0.2, -0.15) is 0 Å². The molecule has 0 aromatic heterocycles. The molecule has 5 rings (SSSR count). The minimum absolute atomic E-state index is 0.237. The first-order valence-electron chi connectivity index (χ1n) is 12.9. The standard InChI is InChI=1S/C32H34O6/c1-34-32-31(37-21-24-12-6-3-7-13-24)30(36-20-23-10-4-2-5-11-23)29(28(19-33)38-32)35-22-25-16-17-26-14-8-9-15-27(26)18-25/h2-18,28-33H,19-22H2,1H3/t28-,29+,30+,31-,32-/m1/s1. The van der Waals surface area contributed by atoms with Crippen molar-refractivity contribution in [1.29, 1.82) is 0 Å². The summed E-state index contributed by atoms with van der Waals surface area (Å²) in [6.07, 6.45) is -3.07. The van der Waals surface area contributed by atoms with Crippen molar-refractivity contribution < 1.29 is 28.8 Å². The molecule has 1 N–H and O–H groups in total. The second-order valence-electron chi connectivity index (χ2n) is 9.44. The van der Waals surface area contributed by atoms with Crippen molar-refractivity contribution in [1.82, 2.24) is 0 Å². The van der Waals surface area contributed by atoms with Crippen LogP contribution in [0, 0.1) is 0 Å². The highest BCUT2D eigenvalue weighted by Gasteiger charge is 2.48. The minimum Gasteiger partial charge on any atom is -0.394 e. The first kappa shape index (κ1) is 26.5. The van der Waals surface area contributed by atoms with Crippen LogP contribution in [0.1, 0.15) is 16.7 Å². The predicted octanol–water partition coefficient (Wildman–Crippen LogP) is 5.26. The lowest BCUT2D eigenvalue weighted by Crippen LogP contribution is -2.61. The molecular weight excluding hydrogens is 480 g/mol. The van der Waals surface area contributed by atoms with E-state index in [0.717, 1.165) is 22.1 Å². The Morgan fingerprint density at radius 2 is 1.16 bits per heavy atom. The number of aliphatic hydroxyl groups excluding tert-OH is 1. The van der Waals surface area contributed by atoms with Crippen molar-refractivity contribution in [3.05, 3.63) is 120 Å². The van der Waals surface area contributed by atoms with Crippen molar-refractivity contribution in [3.8, 4) is 0 Å². The molecule has 0 bridgehead atoms. The van der Waals surface area contributed by atoms with Crippen LogP contribution < -0.4 is 0 Å². The third kappa shape index (κ3) is 6.48. The molecule has 0 unspecified atom stereocenters. The zero-order valence-corrected chi connectivity index (χ0v) is 21.5. The summed E-state index contributed by atoms with van der Waals surface area (Å²) in [7, 11) is 1.57. The molecule has 38 heavy (non-hydrogen) atoms. The van der Waals surface area contributed by atoms with E-state index in [1.54, 1.807) is 7.11 Å². The van der Waals surface area contributed by atoms with Gasteiger partial charge in [0.2, 0.25) is 0 Å². The minimum atomic E-state index is -0.725. The number of hydrogen-bond acceptors (Lipinski definition) is 6. The van der Waals surface area contributed by atoms with Crippen LogP contribution in [-0.2, 0) is 43.5 Å². The molecule has 5 atom stereocenters. The van der Waals surface area contributed by atoms with Gasteiger partial charge in [0.05, 0.1) is 26.4 Å². The van der Waals surface area contributed by atoms with Gasteiger partial charge in [-0.25, -0.2) is 0 Å². The van der Waals surface area contributed by atoms with Crippen molar-refractivity contribution in [2.75, 3.05) is 13.7 Å². The number of aliphatic hydroxyl groups is 1. The highest BCUT2D eigenvalue weighted by molar-refractivity contribution is 5.82. The fourth-order valence-corrected chi connectivity index (χ4v) is 4.84. The Morgan fingerprint density at radius 3 is 1.79 bits per heavy atom. The molecule has 0 aliphatic carbocycles. The monoisotopic (exact) mass is 514 g/mol. The van der Waals surface area contributed by atoms with Crippen LogP contribution in [0.15, 0.2) is 103 Å². The summed E-state index contributed by atoms with van der Waals surface area (Å²) in [5.74, 6) is 0. The van der Waals surface area contributed by atoms with Crippen molar-refractivity contribution in [2.24, 2.45) is 0 Å². The van der Waals surface area contributed by atoms with Crippen LogP contribution in [0.3, 0.4) is 0 Å². The van der Waals surface area contributed by atoms with Gasteiger partial charge in [-0.05, 0) is 33.5 Å². The molecule has 1 saturated heterocycles. The summed E-state index contributed by atoms with van der Waals surface area (Å²) in [6.45, 7) is 0.824. The third-order valence-corrected chi connectivity index (χ3v) is 6.83. The van der Waals surface area contributed by atoms with Crippen LogP contribution in [-0.4, -0.2) is 49.5 Å². The van der Waals surface area contributed by atoms with Crippen molar-refractivity contribution >= 4 is 10.8 Å². The van der Waals surface area contributed by atoms with E-state index >= 15 is 0 Å². The molecule has 1 fully saturated rings. The number of ether oxygens (including phenoxy) is 5. The summed E-state index contributed by atoms with van der Waals surface area (Å²) in [6, 6.07) is 34.4. The maximum Gasteiger partial charge on any atom is 0.186 e. The van der Waals surface area contributed by atoms with E-state index in [1.807, 2.05) is 72.8 Å². The van der Waals surface area contributed by atoms with Gasteiger partial charge in [0.25, 0.3) is 0 Å². The quantitative estimate of drug-likeness (QED) is 0.295. The molecule has 6 heteroatoms. The Bertz CT molecular complexity index is 1260. The maximum absolute atomic E-state index is 10.3. The molecule has 198 valence electrons. The number of fused-ring (bicyclic) bond motifs is 1. The SMILES string of the molecule is CO[C@@H]1O[C@H](CO)[C@H](OCc2ccc3ccccc3c2)[C@H](OCc2ccccc2)[C@H]1OCc1ccccc1. The highest BCUT2D eigenvalue weighted by atomic mass is 16.7. The summed E-state index contributed by atoms with van der Waals surface area (Å²) in [5, 5.41) is 12.6. The van der Waals surface area contributed by atoms with Crippen LogP contribution in [0.4, 0.5) is 0 Å². The van der Waals surface area contributed by atoms with Crippen LogP contribution in [0.25, 0.3) is 10.8 Å². The molecule has 0 saturated carbocycles. The van der Waals surface area contributed by atoms with Crippen LogP contribution in [0.5, 0.6) is 0 Å². The zero-order valence-electron chi connectivity index (χ0n) is 21.5. The average molecular weight is 515 g/mol. The Morgan fingerprint density at radius 1 is 0.605 bits per heavy atom. The molecule has 0 amide bonds. The lowest BCUT2D eigenvalue weighted by Gasteiger charge is -2.45. The van der Waals surface area contributed by atoms with Gasteiger partial charge in [-0.15, -0.1) is 0 Å². The van der Waals surface area contributed by atoms with Gasteiger partial charge < -0.3 is 28.8 Å². The van der Waals surface area contributed by atoms with Gasteiger partial charge >= 0.3 is 0 Å². The molecule has 0 spiro atoms.